The lowest BCUT2D eigenvalue weighted by atomic mass is 9.82. The standard InChI is InChI=1S/C12H11F2NO/c13-8-2-4-10(11(14)6-8)9-3-1-7(9)5-12(15)16/h2,4,6H,1,3,5H2,(H2,15,16). The summed E-state index contributed by atoms with van der Waals surface area (Å²) in [5.74, 6) is -1.61. The van der Waals surface area contributed by atoms with Crippen LogP contribution in [-0.2, 0) is 4.79 Å². The van der Waals surface area contributed by atoms with Crippen molar-refractivity contribution in [2.24, 2.45) is 5.73 Å². The summed E-state index contributed by atoms with van der Waals surface area (Å²) >= 11 is 0. The zero-order chi connectivity index (χ0) is 11.7. The Morgan fingerprint density at radius 1 is 1.31 bits per heavy atom. The van der Waals surface area contributed by atoms with Crippen LogP contribution in [0.2, 0.25) is 0 Å². The van der Waals surface area contributed by atoms with Crippen LogP contribution in [0, 0.1) is 11.6 Å². The fourth-order valence-electron chi connectivity index (χ4n) is 1.89. The van der Waals surface area contributed by atoms with Gasteiger partial charge in [-0.2, -0.15) is 0 Å². The third kappa shape index (κ3) is 1.96. The minimum absolute atomic E-state index is 0.159. The van der Waals surface area contributed by atoms with Crippen LogP contribution >= 0.6 is 0 Å². The second-order valence-corrected chi connectivity index (χ2v) is 3.85. The Balaban J connectivity index is 2.34. The minimum Gasteiger partial charge on any atom is -0.369 e. The Kier molecular flexibility index (Phi) is 2.73. The Hall–Kier alpha value is -1.71. The summed E-state index contributed by atoms with van der Waals surface area (Å²) in [4.78, 5) is 10.8. The number of carbonyl (C=O) groups is 1. The molecule has 16 heavy (non-hydrogen) atoms. The van der Waals surface area contributed by atoms with Gasteiger partial charge in [0.25, 0.3) is 0 Å². The summed E-state index contributed by atoms with van der Waals surface area (Å²) < 4.78 is 26.2. The van der Waals surface area contributed by atoms with Crippen LogP contribution in [0.3, 0.4) is 0 Å². The number of hydrogen-bond acceptors (Lipinski definition) is 1. The minimum atomic E-state index is -0.599. The number of primary amides is 1. The Bertz CT molecular complexity index is 480. The van der Waals surface area contributed by atoms with Gasteiger partial charge in [-0.05, 0) is 30.5 Å². The van der Waals surface area contributed by atoms with Crippen molar-refractivity contribution in [1.82, 2.24) is 0 Å². The number of hydrogen-bond donors (Lipinski definition) is 1. The summed E-state index contributed by atoms with van der Waals surface area (Å²) in [6, 6.07) is 3.47. The van der Waals surface area contributed by atoms with Gasteiger partial charge in [0.1, 0.15) is 11.6 Å². The van der Waals surface area contributed by atoms with Gasteiger partial charge in [-0.25, -0.2) is 8.78 Å². The van der Waals surface area contributed by atoms with Crippen LogP contribution < -0.4 is 5.73 Å². The van der Waals surface area contributed by atoms with Gasteiger partial charge in [-0.15, -0.1) is 0 Å². The first-order valence-electron chi connectivity index (χ1n) is 5.02. The normalized spacial score (nSPS) is 14.9. The molecule has 2 N–H and O–H groups in total. The van der Waals surface area contributed by atoms with Gasteiger partial charge in [0.05, 0.1) is 0 Å². The maximum absolute atomic E-state index is 13.4. The zero-order valence-electron chi connectivity index (χ0n) is 8.59. The van der Waals surface area contributed by atoms with Crippen molar-refractivity contribution in [3.8, 4) is 0 Å². The van der Waals surface area contributed by atoms with E-state index in [2.05, 4.69) is 0 Å². The molecule has 0 heterocycles. The van der Waals surface area contributed by atoms with Crippen LogP contribution in [0.1, 0.15) is 24.8 Å². The fraction of sp³-hybridized carbons (Fsp3) is 0.250. The molecule has 1 aromatic carbocycles. The van der Waals surface area contributed by atoms with E-state index in [9.17, 15) is 13.6 Å². The second-order valence-electron chi connectivity index (χ2n) is 3.85. The van der Waals surface area contributed by atoms with E-state index in [1.807, 2.05) is 0 Å². The molecule has 0 spiro atoms. The van der Waals surface area contributed by atoms with Crippen molar-refractivity contribution < 1.29 is 13.6 Å². The molecule has 0 aliphatic heterocycles. The SMILES string of the molecule is NC(=O)CC1=C(c2ccc(F)cc2F)CC1. The summed E-state index contributed by atoms with van der Waals surface area (Å²) in [5.41, 5.74) is 7.10. The van der Waals surface area contributed by atoms with E-state index < -0.39 is 17.5 Å². The molecule has 84 valence electrons. The van der Waals surface area contributed by atoms with Gasteiger partial charge >= 0.3 is 0 Å². The zero-order valence-corrected chi connectivity index (χ0v) is 8.59. The lowest BCUT2D eigenvalue weighted by Crippen LogP contribution is -2.16. The topological polar surface area (TPSA) is 43.1 Å². The molecule has 0 atom stereocenters. The number of nitrogens with two attached hydrogens (primary N) is 1. The van der Waals surface area contributed by atoms with Gasteiger partial charge < -0.3 is 5.73 Å². The van der Waals surface area contributed by atoms with Gasteiger partial charge in [0.2, 0.25) is 5.91 Å². The predicted octanol–water partition coefficient (Wildman–Crippen LogP) is 2.39. The number of allylic oxidation sites excluding steroid dienone is 1. The highest BCUT2D eigenvalue weighted by atomic mass is 19.1. The summed E-state index contributed by atoms with van der Waals surface area (Å²) in [7, 11) is 0. The molecule has 2 rings (SSSR count). The Labute approximate surface area is 91.8 Å². The molecule has 1 aromatic rings. The number of carbonyl (C=O) groups excluding carboxylic acids is 1. The van der Waals surface area contributed by atoms with E-state index in [0.29, 0.717) is 12.0 Å². The lowest BCUT2D eigenvalue weighted by Gasteiger charge is -2.23. The van der Waals surface area contributed by atoms with Crippen LogP contribution in [0.4, 0.5) is 8.78 Å². The molecule has 0 radical (unpaired) electrons. The van der Waals surface area contributed by atoms with Crippen LogP contribution in [0.25, 0.3) is 5.57 Å². The van der Waals surface area contributed by atoms with Crippen LogP contribution in [0.15, 0.2) is 23.8 Å². The van der Waals surface area contributed by atoms with E-state index in [1.54, 1.807) is 0 Å². The number of rotatable bonds is 3. The number of amides is 1. The monoisotopic (exact) mass is 223 g/mol. The highest BCUT2D eigenvalue weighted by Crippen LogP contribution is 2.38. The lowest BCUT2D eigenvalue weighted by molar-refractivity contribution is -0.117. The molecule has 4 heteroatoms. The van der Waals surface area contributed by atoms with Gasteiger partial charge in [-0.3, -0.25) is 4.79 Å². The Morgan fingerprint density at radius 3 is 2.56 bits per heavy atom. The highest BCUT2D eigenvalue weighted by Gasteiger charge is 2.22. The highest BCUT2D eigenvalue weighted by molar-refractivity contribution is 5.83. The molecule has 0 fully saturated rings. The quantitative estimate of drug-likeness (QED) is 0.840. The molecular formula is C12H11F2NO. The van der Waals surface area contributed by atoms with Gasteiger partial charge in [0.15, 0.2) is 0 Å². The van der Waals surface area contributed by atoms with Crippen molar-refractivity contribution >= 4 is 11.5 Å². The van der Waals surface area contributed by atoms with Crippen molar-refractivity contribution in [2.75, 3.05) is 0 Å². The van der Waals surface area contributed by atoms with Crippen molar-refractivity contribution in [3.05, 3.63) is 41.0 Å². The summed E-state index contributed by atoms with van der Waals surface area (Å²) in [6.07, 6.45) is 1.63. The fourth-order valence-corrected chi connectivity index (χ4v) is 1.89. The van der Waals surface area contributed by atoms with E-state index in [0.717, 1.165) is 23.6 Å². The third-order valence-electron chi connectivity index (χ3n) is 2.75. The maximum Gasteiger partial charge on any atom is 0.221 e. The number of benzene rings is 1. The Morgan fingerprint density at radius 2 is 2.06 bits per heavy atom. The average Bonchev–Trinajstić information content (AvgIpc) is 2.17. The molecular weight excluding hydrogens is 212 g/mol. The predicted molar refractivity (Wildman–Crippen MR) is 56.3 cm³/mol. The first-order chi connectivity index (χ1) is 7.58. The summed E-state index contributed by atoms with van der Waals surface area (Å²) in [5, 5.41) is 0. The molecule has 0 saturated carbocycles. The van der Waals surface area contributed by atoms with Gasteiger partial charge in [0, 0.05) is 18.1 Å². The van der Waals surface area contributed by atoms with Crippen LogP contribution in [-0.4, -0.2) is 5.91 Å². The smallest absolute Gasteiger partial charge is 0.221 e. The van der Waals surface area contributed by atoms with Crippen molar-refractivity contribution in [1.29, 1.82) is 0 Å². The van der Waals surface area contributed by atoms with Gasteiger partial charge in [-0.1, -0.05) is 5.57 Å². The molecule has 0 aromatic heterocycles. The maximum atomic E-state index is 13.4. The van der Waals surface area contributed by atoms with E-state index >= 15 is 0 Å². The molecule has 0 unspecified atom stereocenters. The van der Waals surface area contributed by atoms with Crippen LogP contribution in [0.5, 0.6) is 0 Å². The van der Waals surface area contributed by atoms with Crippen molar-refractivity contribution in [2.45, 2.75) is 19.3 Å². The van der Waals surface area contributed by atoms with E-state index in [1.165, 1.54) is 12.1 Å². The van der Waals surface area contributed by atoms with E-state index in [4.69, 9.17) is 5.73 Å². The molecule has 2 nitrogen and oxygen atoms in total. The first kappa shape index (κ1) is 10.8. The van der Waals surface area contributed by atoms with E-state index in [-0.39, 0.29) is 6.42 Å². The molecule has 1 amide bonds. The largest absolute Gasteiger partial charge is 0.369 e. The molecule has 0 bridgehead atoms. The first-order valence-corrected chi connectivity index (χ1v) is 5.02. The number of halogens is 2. The molecule has 1 aliphatic rings. The van der Waals surface area contributed by atoms with Crippen molar-refractivity contribution in [3.63, 3.8) is 0 Å². The molecule has 1 aliphatic carbocycles. The summed E-state index contributed by atoms with van der Waals surface area (Å²) in [6.45, 7) is 0. The second kappa shape index (κ2) is 4.04. The average molecular weight is 223 g/mol. The third-order valence-corrected chi connectivity index (χ3v) is 2.75. The molecule has 0 saturated heterocycles.